The van der Waals surface area contributed by atoms with Crippen LogP contribution in [0.4, 0.5) is 0 Å². The van der Waals surface area contributed by atoms with Crippen molar-refractivity contribution in [2.75, 3.05) is 25.9 Å². The van der Waals surface area contributed by atoms with E-state index in [1.165, 1.54) is 22.3 Å². The van der Waals surface area contributed by atoms with Crippen LogP contribution in [-0.2, 0) is 15.8 Å². The number of nitrogens with zero attached hydrogens (tertiary/aromatic N) is 3. The molecule has 1 N–H and O–H groups in total. The zero-order valence-electron chi connectivity index (χ0n) is 15.9. The fourth-order valence-electron chi connectivity index (χ4n) is 3.10. The predicted octanol–water partition coefficient (Wildman–Crippen LogP) is 2.07. The summed E-state index contributed by atoms with van der Waals surface area (Å²) in [6.07, 6.45) is 2.74. The molecule has 2 heterocycles. The van der Waals surface area contributed by atoms with Gasteiger partial charge in [0, 0.05) is 24.5 Å². The summed E-state index contributed by atoms with van der Waals surface area (Å²) in [6.45, 7) is 3.32. The topological polar surface area (TPSA) is 105 Å². The van der Waals surface area contributed by atoms with E-state index in [1.807, 2.05) is 18.2 Å². The van der Waals surface area contributed by atoms with E-state index in [-0.39, 0.29) is 11.8 Å². The van der Waals surface area contributed by atoms with E-state index in [4.69, 9.17) is 4.52 Å². The number of hydrogen-bond donors (Lipinski definition) is 1. The molecule has 3 rings (SSSR count). The van der Waals surface area contributed by atoms with Crippen LogP contribution in [0.15, 0.2) is 33.7 Å². The van der Waals surface area contributed by atoms with Gasteiger partial charge < -0.3 is 9.84 Å². The summed E-state index contributed by atoms with van der Waals surface area (Å²) in [5.74, 6) is 1.76. The molecule has 28 heavy (non-hydrogen) atoms. The first-order chi connectivity index (χ1) is 13.3. The molecule has 1 aliphatic rings. The largest absolute Gasteiger partial charge is 0.352 e. The number of rotatable bonds is 7. The van der Waals surface area contributed by atoms with Crippen molar-refractivity contribution >= 4 is 27.7 Å². The van der Waals surface area contributed by atoms with Gasteiger partial charge in [-0.3, -0.25) is 4.79 Å². The quantitative estimate of drug-likeness (QED) is 0.678. The van der Waals surface area contributed by atoms with Crippen LogP contribution in [0.5, 0.6) is 0 Å². The lowest BCUT2D eigenvalue weighted by Gasteiger charge is -2.30. The Labute approximate surface area is 169 Å². The summed E-state index contributed by atoms with van der Waals surface area (Å²) in [7, 11) is -3.13. The van der Waals surface area contributed by atoms with E-state index in [0.717, 1.165) is 17.7 Å². The van der Waals surface area contributed by atoms with Gasteiger partial charge in [-0.1, -0.05) is 17.3 Å². The molecule has 152 valence electrons. The van der Waals surface area contributed by atoms with Gasteiger partial charge >= 0.3 is 0 Å². The van der Waals surface area contributed by atoms with Gasteiger partial charge in [0.25, 0.3) is 5.91 Å². The molecule has 1 aliphatic heterocycles. The second kappa shape index (κ2) is 9.06. The summed E-state index contributed by atoms with van der Waals surface area (Å²) in [5, 5.41) is 6.76. The van der Waals surface area contributed by atoms with Crippen molar-refractivity contribution in [1.29, 1.82) is 0 Å². The maximum atomic E-state index is 12.7. The maximum absolute atomic E-state index is 12.7. The van der Waals surface area contributed by atoms with Crippen LogP contribution in [-0.4, -0.2) is 54.7 Å². The molecule has 0 spiro atoms. The minimum absolute atomic E-state index is 0.129. The molecular weight excluding hydrogens is 400 g/mol. The molecule has 1 amide bonds. The van der Waals surface area contributed by atoms with E-state index in [2.05, 4.69) is 15.5 Å². The van der Waals surface area contributed by atoms with E-state index >= 15 is 0 Å². The summed E-state index contributed by atoms with van der Waals surface area (Å²) in [6, 6.07) is 7.41. The van der Waals surface area contributed by atoms with Crippen LogP contribution in [0.3, 0.4) is 0 Å². The smallest absolute Gasteiger partial charge is 0.252 e. The lowest BCUT2D eigenvalue weighted by atomic mass is 9.98. The minimum atomic E-state index is -3.13. The van der Waals surface area contributed by atoms with Crippen molar-refractivity contribution in [2.45, 2.75) is 30.4 Å². The third-order valence-corrected chi connectivity index (χ3v) is 7.01. The van der Waals surface area contributed by atoms with Crippen LogP contribution in [0.2, 0.25) is 0 Å². The predicted molar refractivity (Wildman–Crippen MR) is 107 cm³/mol. The Morgan fingerprint density at radius 2 is 2.04 bits per heavy atom. The first-order valence-corrected chi connectivity index (χ1v) is 11.9. The summed E-state index contributed by atoms with van der Waals surface area (Å²) in [4.78, 5) is 17.7. The Balaban J connectivity index is 1.53. The highest BCUT2D eigenvalue weighted by atomic mass is 32.2. The van der Waals surface area contributed by atoms with Crippen molar-refractivity contribution in [2.24, 2.45) is 5.92 Å². The van der Waals surface area contributed by atoms with Gasteiger partial charge in [-0.2, -0.15) is 4.98 Å². The Morgan fingerprint density at radius 1 is 1.32 bits per heavy atom. The monoisotopic (exact) mass is 424 g/mol. The van der Waals surface area contributed by atoms with Crippen molar-refractivity contribution in [1.82, 2.24) is 19.8 Å². The summed E-state index contributed by atoms with van der Waals surface area (Å²) in [5.41, 5.74) is 0.609. The second-order valence-corrected chi connectivity index (χ2v) is 9.84. The zero-order valence-corrected chi connectivity index (χ0v) is 17.6. The van der Waals surface area contributed by atoms with Gasteiger partial charge in [0.1, 0.15) is 0 Å². The van der Waals surface area contributed by atoms with Crippen LogP contribution in [0, 0.1) is 12.8 Å². The van der Waals surface area contributed by atoms with Gasteiger partial charge in [-0.05, 0) is 37.8 Å². The highest BCUT2D eigenvalue weighted by Crippen LogP contribution is 2.26. The second-order valence-electron chi connectivity index (χ2n) is 6.84. The van der Waals surface area contributed by atoms with Crippen LogP contribution in [0.25, 0.3) is 0 Å². The van der Waals surface area contributed by atoms with Crippen molar-refractivity contribution in [3.63, 3.8) is 0 Å². The van der Waals surface area contributed by atoms with Gasteiger partial charge in [0.05, 0.1) is 17.6 Å². The lowest BCUT2D eigenvalue weighted by Crippen LogP contribution is -2.41. The number of sulfonamides is 1. The summed E-state index contributed by atoms with van der Waals surface area (Å²) >= 11 is 1.48. The molecule has 1 aromatic heterocycles. The van der Waals surface area contributed by atoms with Crippen LogP contribution in [0.1, 0.15) is 34.9 Å². The molecule has 2 aromatic rings. The number of nitrogens with one attached hydrogen (secondary N) is 1. The molecule has 8 nitrogen and oxygen atoms in total. The van der Waals surface area contributed by atoms with Gasteiger partial charge in [-0.15, -0.1) is 11.8 Å². The van der Waals surface area contributed by atoms with Crippen molar-refractivity contribution in [3.05, 3.63) is 41.5 Å². The Kier molecular flexibility index (Phi) is 6.73. The fourth-order valence-corrected chi connectivity index (χ4v) is 4.86. The number of piperidine rings is 1. The van der Waals surface area contributed by atoms with Crippen molar-refractivity contribution < 1.29 is 17.7 Å². The average molecular weight is 425 g/mol. The number of benzene rings is 1. The SMILES string of the molecule is Cc1noc(CSc2ccccc2C(=O)NCC2CCN(S(C)(=O)=O)CC2)n1. The molecule has 10 heteroatoms. The third kappa shape index (κ3) is 5.55. The number of hydrogen-bond acceptors (Lipinski definition) is 7. The lowest BCUT2D eigenvalue weighted by molar-refractivity contribution is 0.0938. The number of aromatic nitrogens is 2. The van der Waals surface area contributed by atoms with E-state index in [1.54, 1.807) is 13.0 Å². The van der Waals surface area contributed by atoms with E-state index < -0.39 is 10.0 Å². The Bertz CT molecular complexity index is 921. The molecule has 1 aromatic carbocycles. The standard InChI is InChI=1S/C18H24N4O4S2/c1-13-20-17(26-21-13)12-27-16-6-4-3-5-15(16)18(23)19-11-14-7-9-22(10-8-14)28(2,24)25/h3-6,14H,7-12H2,1-2H3,(H,19,23). The number of carbonyl (C=O) groups excluding carboxylic acids is 1. The van der Waals surface area contributed by atoms with Crippen molar-refractivity contribution in [3.8, 4) is 0 Å². The highest BCUT2D eigenvalue weighted by Gasteiger charge is 2.25. The molecule has 0 radical (unpaired) electrons. The molecular formula is C18H24N4O4S2. The highest BCUT2D eigenvalue weighted by molar-refractivity contribution is 7.98. The number of amides is 1. The number of aryl methyl sites for hydroxylation is 1. The van der Waals surface area contributed by atoms with E-state index in [0.29, 0.717) is 42.7 Å². The normalized spacial score (nSPS) is 16.2. The molecule has 1 saturated heterocycles. The molecule has 0 saturated carbocycles. The van der Waals surface area contributed by atoms with E-state index in [9.17, 15) is 13.2 Å². The third-order valence-electron chi connectivity index (χ3n) is 4.65. The van der Waals surface area contributed by atoms with Gasteiger partial charge in [0.2, 0.25) is 15.9 Å². The summed E-state index contributed by atoms with van der Waals surface area (Å²) < 4.78 is 29.8. The molecule has 0 unspecified atom stereocenters. The molecule has 0 atom stereocenters. The fraction of sp³-hybridized carbons (Fsp3) is 0.500. The maximum Gasteiger partial charge on any atom is 0.252 e. The molecule has 1 fully saturated rings. The van der Waals surface area contributed by atoms with Gasteiger partial charge in [0.15, 0.2) is 5.82 Å². The first-order valence-electron chi connectivity index (χ1n) is 9.07. The van der Waals surface area contributed by atoms with Crippen LogP contribution >= 0.6 is 11.8 Å². The van der Waals surface area contributed by atoms with Gasteiger partial charge in [-0.25, -0.2) is 12.7 Å². The number of thioether (sulfide) groups is 1. The number of carbonyl (C=O) groups is 1. The van der Waals surface area contributed by atoms with Crippen LogP contribution < -0.4 is 5.32 Å². The minimum Gasteiger partial charge on any atom is -0.352 e. The molecule has 0 bridgehead atoms. The Morgan fingerprint density at radius 3 is 2.68 bits per heavy atom. The zero-order chi connectivity index (χ0) is 20.1. The molecule has 0 aliphatic carbocycles. The Hall–Kier alpha value is -1.91. The first kappa shape index (κ1) is 20.8. The average Bonchev–Trinajstić information content (AvgIpc) is 3.09.